The smallest absolute Gasteiger partial charge is 0.378 e. The van der Waals surface area contributed by atoms with Gasteiger partial charge < -0.3 is 5.32 Å². The van der Waals surface area contributed by atoms with Crippen LogP contribution >= 0.6 is 11.6 Å². The Bertz CT molecular complexity index is 958. The summed E-state index contributed by atoms with van der Waals surface area (Å²) in [6.45, 7) is 0. The number of alkyl halides is 3. The summed E-state index contributed by atoms with van der Waals surface area (Å²) < 4.78 is 39.3. The second-order valence-electron chi connectivity index (χ2n) is 6.74. The summed E-state index contributed by atoms with van der Waals surface area (Å²) >= 11 is 6.31. The number of nitrogens with zero attached hydrogens (tertiary/aromatic N) is 1. The number of nitro groups is 1. The van der Waals surface area contributed by atoms with Crippen molar-refractivity contribution in [1.29, 1.82) is 0 Å². The van der Waals surface area contributed by atoms with Crippen LogP contribution in [0, 0.1) is 16.0 Å². The van der Waals surface area contributed by atoms with Gasteiger partial charge in [-0.1, -0.05) is 23.8 Å². The van der Waals surface area contributed by atoms with Crippen LogP contribution in [-0.4, -0.2) is 4.92 Å². The second-order valence-corrected chi connectivity index (χ2v) is 7.15. The van der Waals surface area contributed by atoms with Gasteiger partial charge in [0.15, 0.2) is 0 Å². The first-order valence-corrected chi connectivity index (χ1v) is 8.71. The molecule has 0 unspecified atom stereocenters. The summed E-state index contributed by atoms with van der Waals surface area (Å²) in [6, 6.07) is 7.56. The van der Waals surface area contributed by atoms with Crippen LogP contribution in [0.25, 0.3) is 0 Å². The van der Waals surface area contributed by atoms with Gasteiger partial charge in [0.05, 0.1) is 16.5 Å². The average molecular weight is 395 g/mol. The molecule has 4 nitrogen and oxygen atoms in total. The molecule has 1 aliphatic carbocycles. The Labute approximate surface area is 157 Å². The maximum absolute atomic E-state index is 13.1. The van der Waals surface area contributed by atoms with Crippen molar-refractivity contribution in [2.24, 2.45) is 5.92 Å². The van der Waals surface area contributed by atoms with Crippen LogP contribution in [0.3, 0.4) is 0 Å². The van der Waals surface area contributed by atoms with E-state index in [0.29, 0.717) is 28.3 Å². The monoisotopic (exact) mass is 394 g/mol. The summed E-state index contributed by atoms with van der Waals surface area (Å²) in [4.78, 5) is 10.6. The topological polar surface area (TPSA) is 55.2 Å². The van der Waals surface area contributed by atoms with Gasteiger partial charge in [-0.15, -0.1) is 0 Å². The van der Waals surface area contributed by atoms with Crippen LogP contribution < -0.4 is 5.32 Å². The molecule has 3 atom stereocenters. The van der Waals surface area contributed by atoms with Crippen molar-refractivity contribution >= 4 is 23.0 Å². The minimum atomic E-state index is -4.41. The van der Waals surface area contributed by atoms with E-state index in [0.717, 1.165) is 6.07 Å². The largest absolute Gasteiger partial charge is 0.416 e. The predicted octanol–water partition coefficient (Wildman–Crippen LogP) is 6.09. The van der Waals surface area contributed by atoms with Crippen molar-refractivity contribution in [2.45, 2.75) is 24.6 Å². The van der Waals surface area contributed by atoms with Gasteiger partial charge in [0, 0.05) is 34.3 Å². The zero-order valence-electron chi connectivity index (χ0n) is 13.8. The van der Waals surface area contributed by atoms with Crippen LogP contribution in [0.2, 0.25) is 5.02 Å². The molecule has 2 aromatic carbocycles. The highest BCUT2D eigenvalue weighted by Crippen LogP contribution is 2.51. The molecule has 0 fully saturated rings. The minimum Gasteiger partial charge on any atom is -0.378 e. The van der Waals surface area contributed by atoms with E-state index in [2.05, 4.69) is 5.32 Å². The number of allylic oxidation sites excluding steroid dienone is 2. The predicted molar refractivity (Wildman–Crippen MR) is 95.9 cm³/mol. The lowest BCUT2D eigenvalue weighted by atomic mass is 9.76. The van der Waals surface area contributed by atoms with Gasteiger partial charge in [-0.3, -0.25) is 10.1 Å². The molecular formula is C19H14ClF3N2O2. The van der Waals surface area contributed by atoms with Gasteiger partial charge in [0.2, 0.25) is 0 Å². The molecule has 1 aliphatic heterocycles. The molecule has 0 radical (unpaired) electrons. The number of halogens is 4. The SMILES string of the molecule is O=[N+]([O-])c1ccc(Cl)c([C@@H]2Nc3ccc(C(F)(F)F)cc3[C@@H]3C=CC[C@@H]32)c1. The van der Waals surface area contributed by atoms with Gasteiger partial charge >= 0.3 is 6.18 Å². The molecule has 1 heterocycles. The third-order valence-electron chi connectivity index (χ3n) is 5.22. The number of anilines is 1. The summed E-state index contributed by atoms with van der Waals surface area (Å²) in [5.74, 6) is -0.274. The Hall–Kier alpha value is -2.54. The van der Waals surface area contributed by atoms with Crippen molar-refractivity contribution in [2.75, 3.05) is 5.32 Å². The molecule has 1 N–H and O–H groups in total. The molecule has 2 aliphatic rings. The van der Waals surface area contributed by atoms with Crippen LogP contribution in [0.4, 0.5) is 24.5 Å². The van der Waals surface area contributed by atoms with E-state index < -0.39 is 16.7 Å². The normalized spacial score (nSPS) is 23.5. The van der Waals surface area contributed by atoms with E-state index in [1.54, 1.807) is 0 Å². The Morgan fingerprint density at radius 3 is 2.63 bits per heavy atom. The standard InChI is InChI=1S/C19H14ClF3N2O2/c20-16-6-5-11(25(26)27)9-15(16)18-13-3-1-2-12(13)14-8-10(19(21,22)23)4-7-17(14)24-18/h1-2,4-9,12-13,18,24H,3H2/t12-,13+,18-/m1/s1. The lowest BCUT2D eigenvalue weighted by Crippen LogP contribution is -2.29. The summed E-state index contributed by atoms with van der Waals surface area (Å²) in [5, 5.41) is 14.8. The van der Waals surface area contributed by atoms with Crippen LogP contribution in [0.15, 0.2) is 48.6 Å². The van der Waals surface area contributed by atoms with E-state index in [-0.39, 0.29) is 23.6 Å². The lowest BCUT2D eigenvalue weighted by molar-refractivity contribution is -0.384. The fourth-order valence-electron chi connectivity index (χ4n) is 3.96. The van der Waals surface area contributed by atoms with Crippen molar-refractivity contribution in [1.82, 2.24) is 0 Å². The first kappa shape index (κ1) is 17.9. The van der Waals surface area contributed by atoms with Gasteiger partial charge in [0.1, 0.15) is 0 Å². The van der Waals surface area contributed by atoms with E-state index in [4.69, 9.17) is 11.6 Å². The Morgan fingerprint density at radius 1 is 1.15 bits per heavy atom. The number of nitrogens with one attached hydrogen (secondary N) is 1. The summed E-state index contributed by atoms with van der Waals surface area (Å²) in [5.41, 5.74) is 0.991. The fourth-order valence-corrected chi connectivity index (χ4v) is 4.20. The number of rotatable bonds is 2. The van der Waals surface area contributed by atoms with E-state index in [9.17, 15) is 23.3 Å². The zero-order chi connectivity index (χ0) is 19.3. The van der Waals surface area contributed by atoms with E-state index in [1.165, 1.54) is 30.3 Å². The molecule has 0 saturated heterocycles. The number of benzene rings is 2. The molecule has 0 saturated carbocycles. The highest BCUT2D eigenvalue weighted by molar-refractivity contribution is 6.31. The van der Waals surface area contributed by atoms with Crippen LogP contribution in [-0.2, 0) is 6.18 Å². The minimum absolute atomic E-state index is 0.0690. The average Bonchev–Trinajstić information content (AvgIpc) is 3.10. The van der Waals surface area contributed by atoms with Crippen molar-refractivity contribution < 1.29 is 18.1 Å². The number of non-ortho nitro benzene ring substituents is 1. The molecule has 27 heavy (non-hydrogen) atoms. The van der Waals surface area contributed by atoms with Gasteiger partial charge in [-0.05, 0) is 42.2 Å². The van der Waals surface area contributed by atoms with E-state index >= 15 is 0 Å². The summed E-state index contributed by atoms with van der Waals surface area (Å²) in [6.07, 6.45) is 0.0808. The first-order valence-electron chi connectivity index (χ1n) is 8.34. The number of hydrogen-bond donors (Lipinski definition) is 1. The Balaban J connectivity index is 1.79. The molecule has 0 amide bonds. The molecular weight excluding hydrogens is 381 g/mol. The highest BCUT2D eigenvalue weighted by atomic mass is 35.5. The quantitative estimate of drug-likeness (QED) is 0.380. The maximum atomic E-state index is 13.1. The number of hydrogen-bond acceptors (Lipinski definition) is 3. The molecule has 0 bridgehead atoms. The van der Waals surface area contributed by atoms with E-state index in [1.807, 2.05) is 12.2 Å². The highest BCUT2D eigenvalue weighted by Gasteiger charge is 2.40. The lowest BCUT2D eigenvalue weighted by Gasteiger charge is -2.38. The van der Waals surface area contributed by atoms with Crippen LogP contribution in [0.1, 0.15) is 35.1 Å². The number of fused-ring (bicyclic) bond motifs is 3. The second kappa shape index (κ2) is 6.27. The molecule has 0 aromatic heterocycles. The van der Waals surface area contributed by atoms with Crippen molar-refractivity contribution in [3.63, 3.8) is 0 Å². The molecule has 0 spiro atoms. The van der Waals surface area contributed by atoms with Crippen molar-refractivity contribution in [3.8, 4) is 0 Å². The molecule has 140 valence electrons. The van der Waals surface area contributed by atoms with Gasteiger partial charge in [-0.25, -0.2) is 0 Å². The third-order valence-corrected chi connectivity index (χ3v) is 5.56. The van der Waals surface area contributed by atoms with Crippen molar-refractivity contribution in [3.05, 3.63) is 80.4 Å². The molecule has 2 aromatic rings. The molecule has 4 rings (SSSR count). The Kier molecular flexibility index (Phi) is 4.14. The van der Waals surface area contributed by atoms with Crippen LogP contribution in [0.5, 0.6) is 0 Å². The summed E-state index contributed by atoms with van der Waals surface area (Å²) in [7, 11) is 0. The molecule has 8 heteroatoms. The fraction of sp³-hybridized carbons (Fsp3) is 0.263. The third kappa shape index (κ3) is 3.06. The van der Waals surface area contributed by atoms with Gasteiger partial charge in [-0.2, -0.15) is 13.2 Å². The first-order chi connectivity index (χ1) is 12.8. The number of nitro benzene ring substituents is 1. The maximum Gasteiger partial charge on any atom is 0.416 e. The Morgan fingerprint density at radius 2 is 1.93 bits per heavy atom. The van der Waals surface area contributed by atoms with Gasteiger partial charge in [0.25, 0.3) is 5.69 Å². The zero-order valence-corrected chi connectivity index (χ0v) is 14.6.